The number of hydrogen-bond acceptors (Lipinski definition) is 5. The van der Waals surface area contributed by atoms with Gasteiger partial charge in [0.25, 0.3) is 0 Å². The van der Waals surface area contributed by atoms with E-state index in [1.54, 1.807) is 10.4 Å². The minimum Gasteiger partial charge on any atom is -0.352 e. The Labute approximate surface area is 194 Å². The molecule has 0 bridgehead atoms. The zero-order chi connectivity index (χ0) is 23.0. The van der Waals surface area contributed by atoms with Crippen molar-refractivity contribution in [2.45, 2.75) is 18.7 Å². The van der Waals surface area contributed by atoms with Crippen LogP contribution in [0.2, 0.25) is 0 Å². The predicted octanol–water partition coefficient (Wildman–Crippen LogP) is 4.42. The van der Waals surface area contributed by atoms with Gasteiger partial charge in [-0.1, -0.05) is 54.6 Å². The summed E-state index contributed by atoms with van der Waals surface area (Å²) in [5.41, 5.74) is 5.21. The number of para-hydroxylation sites is 2. The second-order valence-corrected chi connectivity index (χ2v) is 10.3. The van der Waals surface area contributed by atoms with Gasteiger partial charge in [0.05, 0.1) is 15.9 Å². The molecule has 1 saturated heterocycles. The molecule has 2 heterocycles. The van der Waals surface area contributed by atoms with Crippen molar-refractivity contribution in [2.75, 3.05) is 31.1 Å². The van der Waals surface area contributed by atoms with E-state index < -0.39 is 10.0 Å². The van der Waals surface area contributed by atoms with Crippen LogP contribution in [0.3, 0.4) is 0 Å². The molecule has 5 rings (SSSR count). The molecule has 0 unspecified atom stereocenters. The van der Waals surface area contributed by atoms with Crippen molar-refractivity contribution in [3.05, 3.63) is 83.9 Å². The summed E-state index contributed by atoms with van der Waals surface area (Å²) < 4.78 is 28.3. The lowest BCUT2D eigenvalue weighted by atomic mass is 10.1. The number of aromatic nitrogens is 2. The van der Waals surface area contributed by atoms with Crippen molar-refractivity contribution in [3.63, 3.8) is 0 Å². The largest absolute Gasteiger partial charge is 0.352 e. The molecule has 7 heteroatoms. The Hall–Kier alpha value is -3.29. The van der Waals surface area contributed by atoms with Crippen LogP contribution in [0.15, 0.2) is 77.7 Å². The Kier molecular flexibility index (Phi) is 5.60. The van der Waals surface area contributed by atoms with E-state index in [0.29, 0.717) is 31.1 Å². The number of nitrogens with zero attached hydrogens (tertiary/aromatic N) is 4. The average Bonchev–Trinajstić information content (AvgIpc) is 2.85. The number of rotatable bonds is 4. The number of benzene rings is 3. The summed E-state index contributed by atoms with van der Waals surface area (Å²) in [6.07, 6.45) is 0. The highest BCUT2D eigenvalue weighted by atomic mass is 32.2. The summed E-state index contributed by atoms with van der Waals surface area (Å²) >= 11 is 0. The fourth-order valence-corrected chi connectivity index (χ4v) is 6.00. The molecule has 0 spiro atoms. The normalized spacial score (nSPS) is 15.2. The van der Waals surface area contributed by atoms with E-state index in [0.717, 1.165) is 39.2 Å². The second kappa shape index (κ2) is 8.57. The lowest BCUT2D eigenvalue weighted by Gasteiger charge is -2.35. The highest BCUT2D eigenvalue weighted by Gasteiger charge is 2.31. The molecule has 4 aromatic rings. The van der Waals surface area contributed by atoms with E-state index in [4.69, 9.17) is 9.97 Å². The summed E-state index contributed by atoms with van der Waals surface area (Å²) in [6.45, 7) is 5.67. The van der Waals surface area contributed by atoms with Crippen molar-refractivity contribution < 1.29 is 8.42 Å². The fraction of sp³-hybridized carbons (Fsp3) is 0.231. The minimum absolute atomic E-state index is 0.395. The van der Waals surface area contributed by atoms with Crippen LogP contribution in [0, 0.1) is 13.8 Å². The number of anilines is 1. The maximum absolute atomic E-state index is 13.3. The van der Waals surface area contributed by atoms with Gasteiger partial charge in [0.2, 0.25) is 10.0 Å². The number of fused-ring (bicyclic) bond motifs is 1. The molecular weight excluding hydrogens is 432 g/mol. The fourth-order valence-electron chi connectivity index (χ4n) is 4.27. The first-order chi connectivity index (χ1) is 15.9. The molecular formula is C26H26N4O2S. The maximum atomic E-state index is 13.3. The van der Waals surface area contributed by atoms with Gasteiger partial charge >= 0.3 is 0 Å². The Balaban J connectivity index is 1.47. The van der Waals surface area contributed by atoms with E-state index in [1.807, 2.05) is 80.6 Å². The van der Waals surface area contributed by atoms with Gasteiger partial charge in [0, 0.05) is 31.7 Å². The SMILES string of the molecule is Cc1ccc(C)c(S(=O)(=O)N2CCN(c3nc4ccccc4nc3-c3ccccc3)CC2)c1. The van der Waals surface area contributed by atoms with Gasteiger partial charge in [-0.15, -0.1) is 0 Å². The lowest BCUT2D eigenvalue weighted by molar-refractivity contribution is 0.383. The van der Waals surface area contributed by atoms with Gasteiger partial charge in [-0.25, -0.2) is 18.4 Å². The molecule has 33 heavy (non-hydrogen) atoms. The summed E-state index contributed by atoms with van der Waals surface area (Å²) in [4.78, 5) is 12.4. The molecule has 1 aliphatic rings. The van der Waals surface area contributed by atoms with Crippen molar-refractivity contribution >= 4 is 26.9 Å². The molecule has 1 fully saturated rings. The molecule has 6 nitrogen and oxygen atoms in total. The molecule has 168 valence electrons. The molecule has 0 N–H and O–H groups in total. The standard InChI is InChI=1S/C26H26N4O2S/c1-19-12-13-20(2)24(18-19)33(31,32)30-16-14-29(15-17-30)26-25(21-8-4-3-5-9-21)27-22-10-6-7-11-23(22)28-26/h3-13,18H,14-17H2,1-2H3. The van der Waals surface area contributed by atoms with Crippen molar-refractivity contribution in [1.29, 1.82) is 0 Å². The molecule has 0 amide bonds. The third-order valence-electron chi connectivity index (χ3n) is 6.10. The van der Waals surface area contributed by atoms with E-state index in [-0.39, 0.29) is 0 Å². The Morgan fingerprint density at radius 1 is 0.758 bits per heavy atom. The van der Waals surface area contributed by atoms with Crippen LogP contribution in [0.5, 0.6) is 0 Å². The smallest absolute Gasteiger partial charge is 0.243 e. The first-order valence-electron chi connectivity index (χ1n) is 11.1. The Bertz CT molecular complexity index is 1410. The summed E-state index contributed by atoms with van der Waals surface area (Å²) in [6, 6.07) is 23.4. The summed E-state index contributed by atoms with van der Waals surface area (Å²) in [5, 5.41) is 0. The Morgan fingerprint density at radius 2 is 1.39 bits per heavy atom. The zero-order valence-corrected chi connectivity index (χ0v) is 19.6. The van der Waals surface area contributed by atoms with Crippen LogP contribution in [-0.4, -0.2) is 48.9 Å². The molecule has 1 aliphatic heterocycles. The molecule has 0 atom stereocenters. The first kappa shape index (κ1) is 21.6. The second-order valence-electron chi connectivity index (χ2n) is 8.41. The minimum atomic E-state index is -3.55. The van der Waals surface area contributed by atoms with E-state index >= 15 is 0 Å². The van der Waals surface area contributed by atoms with Gasteiger partial charge in [-0.2, -0.15) is 4.31 Å². The molecule has 0 radical (unpaired) electrons. The molecule has 3 aromatic carbocycles. The third-order valence-corrected chi connectivity index (χ3v) is 8.14. The van der Waals surface area contributed by atoms with Crippen molar-refractivity contribution in [2.24, 2.45) is 0 Å². The van der Waals surface area contributed by atoms with Gasteiger partial charge < -0.3 is 4.90 Å². The van der Waals surface area contributed by atoms with E-state index in [9.17, 15) is 8.42 Å². The third kappa shape index (κ3) is 4.10. The lowest BCUT2D eigenvalue weighted by Crippen LogP contribution is -2.49. The number of piperazine rings is 1. The topological polar surface area (TPSA) is 66.4 Å². The van der Waals surface area contributed by atoms with Gasteiger partial charge in [0.15, 0.2) is 5.82 Å². The first-order valence-corrected chi connectivity index (χ1v) is 12.5. The number of sulfonamides is 1. The van der Waals surface area contributed by atoms with Crippen LogP contribution in [0.4, 0.5) is 5.82 Å². The molecule has 1 aromatic heterocycles. The number of hydrogen-bond donors (Lipinski definition) is 0. The van der Waals surface area contributed by atoms with Gasteiger partial charge in [-0.3, -0.25) is 0 Å². The van der Waals surface area contributed by atoms with Crippen LogP contribution >= 0.6 is 0 Å². The van der Waals surface area contributed by atoms with Crippen LogP contribution in [0.1, 0.15) is 11.1 Å². The predicted molar refractivity (Wildman–Crippen MR) is 132 cm³/mol. The van der Waals surface area contributed by atoms with Gasteiger partial charge in [0.1, 0.15) is 5.69 Å². The quantitative estimate of drug-likeness (QED) is 0.453. The Morgan fingerprint density at radius 3 is 2.09 bits per heavy atom. The number of aryl methyl sites for hydroxylation is 2. The van der Waals surface area contributed by atoms with E-state index in [2.05, 4.69) is 4.90 Å². The van der Waals surface area contributed by atoms with Crippen molar-refractivity contribution in [3.8, 4) is 11.3 Å². The highest BCUT2D eigenvalue weighted by Crippen LogP contribution is 2.31. The van der Waals surface area contributed by atoms with Crippen LogP contribution < -0.4 is 4.90 Å². The maximum Gasteiger partial charge on any atom is 0.243 e. The highest BCUT2D eigenvalue weighted by molar-refractivity contribution is 7.89. The average molecular weight is 459 g/mol. The summed E-state index contributed by atoms with van der Waals surface area (Å²) in [5.74, 6) is 0.795. The zero-order valence-electron chi connectivity index (χ0n) is 18.8. The molecule has 0 aliphatic carbocycles. The van der Waals surface area contributed by atoms with Gasteiger partial charge in [-0.05, 0) is 43.2 Å². The van der Waals surface area contributed by atoms with E-state index in [1.165, 1.54) is 0 Å². The van der Waals surface area contributed by atoms with Crippen LogP contribution in [0.25, 0.3) is 22.3 Å². The summed E-state index contributed by atoms with van der Waals surface area (Å²) in [7, 11) is -3.55. The monoisotopic (exact) mass is 458 g/mol. The van der Waals surface area contributed by atoms with Crippen LogP contribution in [-0.2, 0) is 10.0 Å². The van der Waals surface area contributed by atoms with Crippen molar-refractivity contribution in [1.82, 2.24) is 14.3 Å². The molecule has 0 saturated carbocycles.